The molecule has 2 saturated carbocycles. The number of benzene rings is 1. The molecule has 32 heavy (non-hydrogen) atoms. The Bertz CT molecular complexity index is 965. The summed E-state index contributed by atoms with van der Waals surface area (Å²) in [5.74, 6) is 1.73. The molecule has 0 N–H and O–H groups in total. The van der Waals surface area contributed by atoms with Gasteiger partial charge in [-0.15, -0.1) is 0 Å². The molecule has 3 heterocycles. The average Bonchev–Trinajstić information content (AvgIpc) is 3.55. The van der Waals surface area contributed by atoms with E-state index in [1.807, 2.05) is 22.9 Å². The van der Waals surface area contributed by atoms with Crippen molar-refractivity contribution < 1.29 is 4.79 Å². The van der Waals surface area contributed by atoms with Gasteiger partial charge in [0.05, 0.1) is 17.4 Å². The van der Waals surface area contributed by atoms with Crippen LogP contribution in [0, 0.1) is 18.8 Å². The first kappa shape index (κ1) is 20.5. The van der Waals surface area contributed by atoms with Crippen LogP contribution in [-0.4, -0.2) is 51.2 Å². The predicted octanol–water partition coefficient (Wildman–Crippen LogP) is 5.13. The highest BCUT2D eigenvalue weighted by atomic mass is 16.2. The van der Waals surface area contributed by atoms with Crippen molar-refractivity contribution in [2.24, 2.45) is 11.8 Å². The number of fused-ring (bicyclic) bond motifs is 1. The van der Waals surface area contributed by atoms with E-state index in [-0.39, 0.29) is 11.9 Å². The van der Waals surface area contributed by atoms with Crippen molar-refractivity contribution in [1.82, 2.24) is 19.6 Å². The van der Waals surface area contributed by atoms with Gasteiger partial charge in [0, 0.05) is 31.2 Å². The Hall–Kier alpha value is -2.14. The molecule has 5 heteroatoms. The summed E-state index contributed by atoms with van der Waals surface area (Å²) < 4.78 is 1.92. The second kappa shape index (κ2) is 8.33. The monoisotopic (exact) mass is 432 g/mol. The SMILES string of the molecule is Cc1nn(-c2ccccc2)c2c1C(C1CC1)N(C1CCN(CC3CCCCC3)CC1)C2=O. The lowest BCUT2D eigenvalue weighted by Crippen LogP contribution is -2.48. The normalized spacial score (nSPS) is 25.5. The zero-order chi connectivity index (χ0) is 21.7. The van der Waals surface area contributed by atoms with E-state index in [9.17, 15) is 4.79 Å². The molecule has 0 radical (unpaired) electrons. The van der Waals surface area contributed by atoms with Crippen LogP contribution in [0.2, 0.25) is 0 Å². The van der Waals surface area contributed by atoms with Crippen LogP contribution in [0.15, 0.2) is 30.3 Å². The molecule has 5 nitrogen and oxygen atoms in total. The van der Waals surface area contributed by atoms with E-state index in [0.717, 1.165) is 48.9 Å². The highest BCUT2D eigenvalue weighted by Gasteiger charge is 2.51. The molecular weight excluding hydrogens is 396 g/mol. The minimum Gasteiger partial charge on any atom is -0.327 e. The molecule has 1 saturated heterocycles. The van der Waals surface area contributed by atoms with Crippen molar-refractivity contribution in [2.75, 3.05) is 19.6 Å². The summed E-state index contributed by atoms with van der Waals surface area (Å²) in [7, 11) is 0. The molecule has 0 spiro atoms. The lowest BCUT2D eigenvalue weighted by atomic mass is 9.88. The first-order chi connectivity index (χ1) is 15.7. The van der Waals surface area contributed by atoms with Gasteiger partial charge in [0.25, 0.3) is 5.91 Å². The molecule has 2 aliphatic heterocycles. The number of aromatic nitrogens is 2. The molecule has 1 aromatic carbocycles. The largest absolute Gasteiger partial charge is 0.327 e. The maximum atomic E-state index is 13.9. The Morgan fingerprint density at radius 1 is 0.938 bits per heavy atom. The molecule has 3 fully saturated rings. The maximum absolute atomic E-state index is 13.9. The van der Waals surface area contributed by atoms with Crippen LogP contribution in [0.25, 0.3) is 5.69 Å². The first-order valence-electron chi connectivity index (χ1n) is 12.9. The number of hydrogen-bond donors (Lipinski definition) is 0. The van der Waals surface area contributed by atoms with Gasteiger partial charge in [-0.2, -0.15) is 5.10 Å². The minimum atomic E-state index is 0.215. The average molecular weight is 433 g/mol. The highest BCUT2D eigenvalue weighted by Crippen LogP contribution is 2.52. The van der Waals surface area contributed by atoms with E-state index >= 15 is 0 Å². The van der Waals surface area contributed by atoms with Gasteiger partial charge in [-0.1, -0.05) is 37.5 Å². The number of carbonyl (C=O) groups excluding carboxylic acids is 1. The van der Waals surface area contributed by atoms with Gasteiger partial charge in [0.1, 0.15) is 5.69 Å². The summed E-state index contributed by atoms with van der Waals surface area (Å²) in [4.78, 5) is 18.9. The van der Waals surface area contributed by atoms with E-state index in [4.69, 9.17) is 5.10 Å². The number of carbonyl (C=O) groups is 1. The van der Waals surface area contributed by atoms with Gasteiger partial charge in [-0.05, 0) is 69.4 Å². The number of nitrogens with zero attached hydrogens (tertiary/aromatic N) is 4. The lowest BCUT2D eigenvalue weighted by Gasteiger charge is -2.41. The Morgan fingerprint density at radius 2 is 1.66 bits per heavy atom. The minimum absolute atomic E-state index is 0.215. The Kier molecular flexibility index (Phi) is 5.33. The fraction of sp³-hybridized carbons (Fsp3) is 0.630. The van der Waals surface area contributed by atoms with E-state index < -0.39 is 0 Å². The third-order valence-corrected chi connectivity index (χ3v) is 8.40. The maximum Gasteiger partial charge on any atom is 0.273 e. The van der Waals surface area contributed by atoms with E-state index in [0.29, 0.717) is 12.0 Å². The molecule has 1 unspecified atom stereocenters. The standard InChI is InChI=1S/C27H36N4O/c1-19-24-25(21-12-13-21)30(27(32)26(24)31(28-19)23-10-6-3-7-11-23)22-14-16-29(17-15-22)18-20-8-4-2-5-9-20/h3,6-7,10-11,20-22,25H,2,4-5,8-9,12-18H2,1H3. The first-order valence-corrected chi connectivity index (χ1v) is 12.9. The number of rotatable bonds is 5. The molecule has 6 rings (SSSR count). The molecule has 4 aliphatic rings. The zero-order valence-electron chi connectivity index (χ0n) is 19.4. The van der Waals surface area contributed by atoms with Gasteiger partial charge in [-0.25, -0.2) is 4.68 Å². The Morgan fingerprint density at radius 3 is 2.34 bits per heavy atom. The number of likely N-dealkylation sites (tertiary alicyclic amines) is 1. The molecule has 0 bridgehead atoms. The van der Waals surface area contributed by atoms with Crippen LogP contribution in [-0.2, 0) is 0 Å². The summed E-state index contributed by atoms with van der Waals surface area (Å²) in [6.07, 6.45) is 11.8. The Balaban J connectivity index is 1.23. The predicted molar refractivity (Wildman–Crippen MR) is 126 cm³/mol. The fourth-order valence-electron chi connectivity index (χ4n) is 6.63. The molecule has 1 aromatic heterocycles. The van der Waals surface area contributed by atoms with E-state index in [1.54, 1.807) is 0 Å². The van der Waals surface area contributed by atoms with E-state index in [1.165, 1.54) is 57.1 Å². The number of hydrogen-bond acceptors (Lipinski definition) is 3. The zero-order valence-corrected chi connectivity index (χ0v) is 19.4. The van der Waals surface area contributed by atoms with Crippen LogP contribution >= 0.6 is 0 Å². The van der Waals surface area contributed by atoms with Gasteiger partial charge in [0.15, 0.2) is 0 Å². The van der Waals surface area contributed by atoms with Crippen molar-refractivity contribution in [3.05, 3.63) is 47.3 Å². The van der Waals surface area contributed by atoms with Crippen molar-refractivity contribution in [3.8, 4) is 5.69 Å². The quantitative estimate of drug-likeness (QED) is 0.657. The summed E-state index contributed by atoms with van der Waals surface area (Å²) in [5, 5.41) is 4.83. The number of piperidine rings is 1. The molecule has 2 aliphatic carbocycles. The van der Waals surface area contributed by atoms with Crippen molar-refractivity contribution in [2.45, 2.75) is 76.8 Å². The molecule has 1 amide bonds. The summed E-state index contributed by atoms with van der Waals surface area (Å²) in [6.45, 7) is 5.65. The van der Waals surface area contributed by atoms with Gasteiger partial charge in [-0.3, -0.25) is 4.79 Å². The summed E-state index contributed by atoms with van der Waals surface area (Å²) in [6, 6.07) is 10.8. The lowest BCUT2D eigenvalue weighted by molar-refractivity contribution is 0.0432. The summed E-state index contributed by atoms with van der Waals surface area (Å²) >= 11 is 0. The van der Waals surface area contributed by atoms with Crippen LogP contribution in [0.4, 0.5) is 0 Å². The van der Waals surface area contributed by atoms with Crippen LogP contribution in [0.3, 0.4) is 0 Å². The van der Waals surface area contributed by atoms with Crippen LogP contribution < -0.4 is 0 Å². The molecule has 170 valence electrons. The van der Waals surface area contributed by atoms with Crippen molar-refractivity contribution in [3.63, 3.8) is 0 Å². The topological polar surface area (TPSA) is 41.4 Å². The fourth-order valence-corrected chi connectivity index (χ4v) is 6.63. The van der Waals surface area contributed by atoms with E-state index in [2.05, 4.69) is 28.9 Å². The van der Waals surface area contributed by atoms with Crippen molar-refractivity contribution in [1.29, 1.82) is 0 Å². The smallest absolute Gasteiger partial charge is 0.273 e. The summed E-state index contributed by atoms with van der Waals surface area (Å²) in [5.41, 5.74) is 4.07. The number of para-hydroxylation sites is 1. The molecule has 2 aromatic rings. The second-order valence-electron chi connectivity index (χ2n) is 10.6. The second-order valence-corrected chi connectivity index (χ2v) is 10.6. The van der Waals surface area contributed by atoms with Gasteiger partial charge in [0.2, 0.25) is 0 Å². The molecule has 1 atom stereocenters. The third kappa shape index (κ3) is 3.59. The van der Waals surface area contributed by atoms with Crippen LogP contribution in [0.1, 0.15) is 85.6 Å². The van der Waals surface area contributed by atoms with Crippen LogP contribution in [0.5, 0.6) is 0 Å². The number of aryl methyl sites for hydroxylation is 1. The molecular formula is C27H36N4O. The van der Waals surface area contributed by atoms with Gasteiger partial charge >= 0.3 is 0 Å². The third-order valence-electron chi connectivity index (χ3n) is 8.40. The Labute approximate surface area is 191 Å². The number of amides is 1. The van der Waals surface area contributed by atoms with Gasteiger partial charge < -0.3 is 9.80 Å². The van der Waals surface area contributed by atoms with Crippen molar-refractivity contribution >= 4 is 5.91 Å². The highest BCUT2D eigenvalue weighted by molar-refractivity contribution is 5.99.